The Balaban J connectivity index is 2.11. The average Bonchev–Trinajstić information content (AvgIpc) is 2.08. The number of ether oxygens (including phenoxy) is 2. The summed E-state index contributed by atoms with van der Waals surface area (Å²) in [5.41, 5.74) is 0. The van der Waals surface area contributed by atoms with Gasteiger partial charge in [-0.15, -0.1) is 0 Å². The van der Waals surface area contributed by atoms with Crippen molar-refractivity contribution in [2.24, 2.45) is 0 Å². The summed E-state index contributed by atoms with van der Waals surface area (Å²) >= 11 is 0. The number of aliphatic hydroxyl groups is 1. The van der Waals surface area contributed by atoms with Gasteiger partial charge in [0.15, 0.2) is 5.79 Å². The van der Waals surface area contributed by atoms with Crippen LogP contribution in [0.5, 0.6) is 0 Å². The lowest BCUT2D eigenvalue weighted by molar-refractivity contribution is -0.354. The largest absolute Gasteiger partial charge is 0.388 e. The van der Waals surface area contributed by atoms with Gasteiger partial charge in [0.2, 0.25) is 0 Å². The second-order valence-electron chi connectivity index (χ2n) is 4.67. The Morgan fingerprint density at radius 1 is 1.14 bits per heavy atom. The normalized spacial score (nSPS) is 49.5. The molecule has 82 valence electrons. The molecule has 0 unspecified atom stereocenters. The summed E-state index contributed by atoms with van der Waals surface area (Å²) in [5.74, 6) is -0.685. The van der Waals surface area contributed by atoms with Crippen molar-refractivity contribution in [3.8, 4) is 0 Å². The van der Waals surface area contributed by atoms with Crippen LogP contribution in [-0.2, 0) is 9.47 Å². The van der Waals surface area contributed by atoms with Crippen LogP contribution in [0.3, 0.4) is 0 Å². The van der Waals surface area contributed by atoms with Gasteiger partial charge in [-0.1, -0.05) is 6.42 Å². The summed E-state index contributed by atoms with van der Waals surface area (Å²) in [6.45, 7) is 4.12. The van der Waals surface area contributed by atoms with Crippen LogP contribution >= 0.6 is 0 Å². The van der Waals surface area contributed by atoms with Gasteiger partial charge < -0.3 is 14.6 Å². The van der Waals surface area contributed by atoms with Gasteiger partial charge >= 0.3 is 0 Å². The first-order chi connectivity index (χ1) is 6.62. The van der Waals surface area contributed by atoms with Crippen LogP contribution < -0.4 is 0 Å². The zero-order chi connectivity index (χ0) is 10.2. The highest BCUT2D eigenvalue weighted by Gasteiger charge is 2.47. The maximum absolute atomic E-state index is 9.97. The molecule has 1 saturated carbocycles. The van der Waals surface area contributed by atoms with E-state index in [0.29, 0.717) is 0 Å². The van der Waals surface area contributed by atoms with Gasteiger partial charge in [-0.25, -0.2) is 0 Å². The minimum absolute atomic E-state index is 0.200. The number of hydrogen-bond donors (Lipinski definition) is 1. The fourth-order valence-corrected chi connectivity index (χ4v) is 2.64. The van der Waals surface area contributed by atoms with E-state index in [1.807, 2.05) is 0 Å². The van der Waals surface area contributed by atoms with E-state index in [1.165, 1.54) is 0 Å². The molecule has 0 bridgehead atoms. The van der Waals surface area contributed by atoms with Crippen LogP contribution in [-0.4, -0.2) is 29.2 Å². The number of aliphatic hydroxyl groups excluding tert-OH is 1. The summed E-state index contributed by atoms with van der Waals surface area (Å²) in [6.07, 6.45) is 4.70. The van der Waals surface area contributed by atoms with E-state index < -0.39 is 11.9 Å². The molecular formula is C11H20O3. The lowest BCUT2D eigenvalue weighted by atomic mass is 9.89. The molecule has 1 aliphatic carbocycles. The average molecular weight is 200 g/mol. The molecule has 2 aliphatic rings. The SMILES string of the molecule is C[C@@H]1C[C@@H](C)OC2(CCCC[C@@H]2O)O1. The van der Waals surface area contributed by atoms with Gasteiger partial charge in [-0.3, -0.25) is 0 Å². The molecule has 1 N–H and O–H groups in total. The Labute approximate surface area is 85.4 Å². The van der Waals surface area contributed by atoms with Crippen molar-refractivity contribution in [3.63, 3.8) is 0 Å². The van der Waals surface area contributed by atoms with E-state index in [4.69, 9.17) is 9.47 Å². The van der Waals surface area contributed by atoms with Crippen molar-refractivity contribution < 1.29 is 14.6 Å². The summed E-state index contributed by atoms with van der Waals surface area (Å²) in [6, 6.07) is 0. The van der Waals surface area contributed by atoms with Gasteiger partial charge in [0.25, 0.3) is 0 Å². The number of rotatable bonds is 0. The van der Waals surface area contributed by atoms with Crippen LogP contribution in [0, 0.1) is 0 Å². The maximum atomic E-state index is 9.97. The Morgan fingerprint density at radius 3 is 2.36 bits per heavy atom. The van der Waals surface area contributed by atoms with Crippen LogP contribution in [0.1, 0.15) is 46.0 Å². The number of hydrogen-bond acceptors (Lipinski definition) is 3. The Morgan fingerprint density at radius 2 is 1.79 bits per heavy atom. The molecule has 0 radical (unpaired) electrons. The van der Waals surface area contributed by atoms with Gasteiger partial charge in [0, 0.05) is 6.42 Å². The molecule has 1 saturated heterocycles. The van der Waals surface area contributed by atoms with Gasteiger partial charge in [-0.2, -0.15) is 0 Å². The summed E-state index contributed by atoms with van der Waals surface area (Å²) in [7, 11) is 0. The molecule has 1 aliphatic heterocycles. The fraction of sp³-hybridized carbons (Fsp3) is 1.00. The van der Waals surface area contributed by atoms with E-state index in [1.54, 1.807) is 0 Å². The molecule has 1 heterocycles. The van der Waals surface area contributed by atoms with Gasteiger partial charge in [0.05, 0.1) is 12.2 Å². The van der Waals surface area contributed by atoms with Crippen LogP contribution in [0.2, 0.25) is 0 Å². The molecular weight excluding hydrogens is 180 g/mol. The predicted octanol–water partition coefficient (Wildman–Crippen LogP) is 1.83. The zero-order valence-corrected chi connectivity index (χ0v) is 9.03. The van der Waals surface area contributed by atoms with Crippen molar-refractivity contribution in [2.45, 2.75) is 70.1 Å². The Hall–Kier alpha value is -0.120. The first-order valence-corrected chi connectivity index (χ1v) is 5.66. The molecule has 0 aromatic rings. The van der Waals surface area contributed by atoms with E-state index in [2.05, 4.69) is 13.8 Å². The molecule has 3 atom stereocenters. The molecule has 1 spiro atoms. The third-order valence-electron chi connectivity index (χ3n) is 3.23. The minimum atomic E-state index is -0.685. The molecule has 0 aromatic heterocycles. The first kappa shape index (κ1) is 10.4. The lowest BCUT2D eigenvalue weighted by Gasteiger charge is -2.47. The molecule has 14 heavy (non-hydrogen) atoms. The Kier molecular flexibility index (Phi) is 2.82. The van der Waals surface area contributed by atoms with Crippen molar-refractivity contribution in [1.29, 1.82) is 0 Å². The third kappa shape index (κ3) is 1.81. The standard InChI is InChI=1S/C11H20O3/c1-8-7-9(2)14-11(13-8)6-4-3-5-10(11)12/h8-10,12H,3-7H2,1-2H3/t8-,9-,10+/m1/s1. The third-order valence-corrected chi connectivity index (χ3v) is 3.23. The van der Waals surface area contributed by atoms with E-state index >= 15 is 0 Å². The predicted molar refractivity (Wildman–Crippen MR) is 52.9 cm³/mol. The second-order valence-corrected chi connectivity index (χ2v) is 4.67. The van der Waals surface area contributed by atoms with E-state index in [9.17, 15) is 5.11 Å². The van der Waals surface area contributed by atoms with E-state index in [0.717, 1.165) is 32.1 Å². The highest BCUT2D eigenvalue weighted by Crippen LogP contribution is 2.39. The summed E-state index contributed by atoms with van der Waals surface area (Å²) in [4.78, 5) is 0. The molecule has 0 aromatic carbocycles. The first-order valence-electron chi connectivity index (χ1n) is 5.66. The van der Waals surface area contributed by atoms with Gasteiger partial charge in [-0.05, 0) is 33.1 Å². The van der Waals surface area contributed by atoms with Crippen molar-refractivity contribution >= 4 is 0 Å². The fourth-order valence-electron chi connectivity index (χ4n) is 2.64. The topological polar surface area (TPSA) is 38.7 Å². The second kappa shape index (κ2) is 3.80. The lowest BCUT2D eigenvalue weighted by Crippen LogP contribution is -2.56. The monoisotopic (exact) mass is 200 g/mol. The maximum Gasteiger partial charge on any atom is 0.194 e. The van der Waals surface area contributed by atoms with Crippen LogP contribution in [0.4, 0.5) is 0 Å². The van der Waals surface area contributed by atoms with E-state index in [-0.39, 0.29) is 12.2 Å². The van der Waals surface area contributed by atoms with Crippen LogP contribution in [0.15, 0.2) is 0 Å². The smallest absolute Gasteiger partial charge is 0.194 e. The molecule has 2 fully saturated rings. The summed E-state index contributed by atoms with van der Waals surface area (Å²) in [5, 5.41) is 9.97. The zero-order valence-electron chi connectivity index (χ0n) is 9.03. The highest BCUT2D eigenvalue weighted by molar-refractivity contribution is 4.88. The van der Waals surface area contributed by atoms with Crippen molar-refractivity contribution in [2.75, 3.05) is 0 Å². The van der Waals surface area contributed by atoms with Crippen LogP contribution in [0.25, 0.3) is 0 Å². The quantitative estimate of drug-likeness (QED) is 0.648. The Bertz CT molecular complexity index is 195. The van der Waals surface area contributed by atoms with Gasteiger partial charge in [0.1, 0.15) is 6.10 Å². The molecule has 3 nitrogen and oxygen atoms in total. The minimum Gasteiger partial charge on any atom is -0.388 e. The summed E-state index contributed by atoms with van der Waals surface area (Å²) < 4.78 is 11.7. The molecule has 3 heteroatoms. The highest BCUT2D eigenvalue weighted by atomic mass is 16.7. The molecule has 0 amide bonds. The van der Waals surface area contributed by atoms with Crippen molar-refractivity contribution in [3.05, 3.63) is 0 Å². The van der Waals surface area contributed by atoms with Crippen molar-refractivity contribution in [1.82, 2.24) is 0 Å². The molecule has 2 rings (SSSR count).